The Hall–Kier alpha value is -1.22. The highest BCUT2D eigenvalue weighted by Crippen LogP contribution is 2.43. The predicted octanol–water partition coefficient (Wildman–Crippen LogP) is 2.58. The average molecular weight is 217 g/mol. The molecule has 1 aromatic rings. The van der Waals surface area contributed by atoms with Gasteiger partial charge >= 0.3 is 0 Å². The van der Waals surface area contributed by atoms with E-state index in [4.69, 9.17) is 0 Å². The van der Waals surface area contributed by atoms with Crippen LogP contribution in [-0.4, -0.2) is 23.6 Å². The van der Waals surface area contributed by atoms with Crippen LogP contribution in [0.3, 0.4) is 0 Å². The van der Waals surface area contributed by atoms with Crippen molar-refractivity contribution in [2.24, 2.45) is 0 Å². The molecule has 1 amide bonds. The molecule has 0 radical (unpaired) electrons. The average Bonchev–Trinajstić information content (AvgIpc) is 2.81. The summed E-state index contributed by atoms with van der Waals surface area (Å²) in [6, 6.07) is 7.89. The third kappa shape index (κ3) is 1.10. The zero-order valence-electron chi connectivity index (χ0n) is 8.49. The van der Waals surface area contributed by atoms with E-state index in [0.29, 0.717) is 0 Å². The molecule has 0 aliphatic carbocycles. The molecule has 0 atom stereocenters. The number of nitrogens with zero attached hydrogens (tertiary/aromatic N) is 1. The van der Waals surface area contributed by atoms with Crippen molar-refractivity contribution in [1.29, 1.82) is 0 Å². The van der Waals surface area contributed by atoms with E-state index in [-0.39, 0.29) is 5.91 Å². The molecule has 0 N–H and O–H groups in total. The van der Waals surface area contributed by atoms with Crippen molar-refractivity contribution in [2.45, 2.75) is 6.42 Å². The number of rotatable bonds is 1. The van der Waals surface area contributed by atoms with Crippen LogP contribution in [0.15, 0.2) is 29.2 Å². The van der Waals surface area contributed by atoms with E-state index in [9.17, 15) is 4.79 Å². The maximum atomic E-state index is 12.0. The highest BCUT2D eigenvalue weighted by atomic mass is 32.2. The second kappa shape index (κ2) is 3.14. The van der Waals surface area contributed by atoms with E-state index in [1.54, 1.807) is 11.8 Å². The molecule has 0 unspecified atom stereocenters. The van der Waals surface area contributed by atoms with Crippen molar-refractivity contribution in [1.82, 2.24) is 4.90 Å². The van der Waals surface area contributed by atoms with E-state index >= 15 is 0 Å². The Morgan fingerprint density at radius 2 is 2.00 bits per heavy atom. The molecule has 0 fully saturated rings. The number of carbonyl (C=O) groups excluding carboxylic acids is 1. The van der Waals surface area contributed by atoms with Gasteiger partial charge in [-0.15, -0.1) is 11.8 Å². The van der Waals surface area contributed by atoms with Crippen LogP contribution in [0.4, 0.5) is 0 Å². The van der Waals surface area contributed by atoms with Gasteiger partial charge < -0.3 is 4.90 Å². The third-order valence-corrected chi connectivity index (χ3v) is 3.89. The molecule has 1 aromatic carbocycles. The molecule has 0 aromatic heterocycles. The van der Waals surface area contributed by atoms with Crippen LogP contribution in [-0.2, 0) is 0 Å². The van der Waals surface area contributed by atoms with Crippen molar-refractivity contribution >= 4 is 23.4 Å². The predicted molar refractivity (Wildman–Crippen MR) is 62.5 cm³/mol. The molecule has 15 heavy (non-hydrogen) atoms. The van der Waals surface area contributed by atoms with Gasteiger partial charge in [0.1, 0.15) is 0 Å². The molecule has 0 bridgehead atoms. The molecular formula is C12H11NOS. The van der Waals surface area contributed by atoms with Crippen molar-refractivity contribution in [2.75, 3.05) is 12.8 Å². The van der Waals surface area contributed by atoms with E-state index in [1.165, 1.54) is 4.91 Å². The molecule has 2 aliphatic rings. The first-order valence-corrected chi connectivity index (χ1v) is 6.24. The molecule has 76 valence electrons. The van der Waals surface area contributed by atoms with Crippen LogP contribution in [0.2, 0.25) is 0 Å². The largest absolute Gasteiger partial charge is 0.307 e. The minimum Gasteiger partial charge on any atom is -0.307 e. The molecule has 3 heteroatoms. The lowest BCUT2D eigenvalue weighted by Gasteiger charge is -2.09. The van der Waals surface area contributed by atoms with Gasteiger partial charge in [0.15, 0.2) is 0 Å². The summed E-state index contributed by atoms with van der Waals surface area (Å²) in [7, 11) is 0. The normalized spacial score (nSPS) is 18.5. The standard InChI is InChI=1S/C12H11NOS/c1-15-10-6-7-13-11(10)8-4-2-3-5-9(8)12(13)14/h2-5H,6-7H2,1H3. The third-order valence-electron chi connectivity index (χ3n) is 3.00. The summed E-state index contributed by atoms with van der Waals surface area (Å²) in [5.74, 6) is 0.171. The van der Waals surface area contributed by atoms with Gasteiger partial charge in [0.25, 0.3) is 5.91 Å². The first-order valence-electron chi connectivity index (χ1n) is 5.01. The van der Waals surface area contributed by atoms with Gasteiger partial charge in [0.2, 0.25) is 0 Å². The van der Waals surface area contributed by atoms with E-state index in [2.05, 4.69) is 6.26 Å². The lowest BCUT2D eigenvalue weighted by atomic mass is 10.1. The molecule has 0 saturated carbocycles. The number of amides is 1. The number of thioether (sulfide) groups is 1. The number of hydrogen-bond donors (Lipinski definition) is 0. The van der Waals surface area contributed by atoms with E-state index in [1.807, 2.05) is 29.2 Å². The van der Waals surface area contributed by atoms with E-state index in [0.717, 1.165) is 29.8 Å². The SMILES string of the molecule is CSC1=C2c3ccccc3C(=O)N2CC1. The first kappa shape index (κ1) is 9.04. The monoisotopic (exact) mass is 217 g/mol. The van der Waals surface area contributed by atoms with Gasteiger partial charge in [-0.2, -0.15) is 0 Å². The zero-order chi connectivity index (χ0) is 10.4. The van der Waals surface area contributed by atoms with Crippen LogP contribution in [0.1, 0.15) is 22.3 Å². The van der Waals surface area contributed by atoms with Crippen molar-refractivity contribution in [3.63, 3.8) is 0 Å². The van der Waals surface area contributed by atoms with Crippen molar-refractivity contribution in [3.05, 3.63) is 40.3 Å². The van der Waals surface area contributed by atoms with Crippen LogP contribution in [0.5, 0.6) is 0 Å². The Bertz CT molecular complexity index is 478. The van der Waals surface area contributed by atoms with Crippen LogP contribution in [0.25, 0.3) is 5.70 Å². The van der Waals surface area contributed by atoms with Crippen LogP contribution >= 0.6 is 11.8 Å². The Kier molecular flexibility index (Phi) is 1.89. The summed E-state index contributed by atoms with van der Waals surface area (Å²) in [6.07, 6.45) is 3.09. The maximum Gasteiger partial charge on any atom is 0.259 e. The number of carbonyl (C=O) groups is 1. The van der Waals surface area contributed by atoms with Gasteiger partial charge in [-0.05, 0) is 18.7 Å². The smallest absolute Gasteiger partial charge is 0.259 e. The summed E-state index contributed by atoms with van der Waals surface area (Å²) < 4.78 is 0. The van der Waals surface area contributed by atoms with Gasteiger partial charge in [-0.3, -0.25) is 4.79 Å². The fraction of sp³-hybridized carbons (Fsp3) is 0.250. The molecule has 0 saturated heterocycles. The Morgan fingerprint density at radius 1 is 1.27 bits per heavy atom. The van der Waals surface area contributed by atoms with E-state index < -0.39 is 0 Å². The molecule has 2 aliphatic heterocycles. The first-order chi connectivity index (χ1) is 7.33. The molecule has 0 spiro atoms. The summed E-state index contributed by atoms with van der Waals surface area (Å²) in [4.78, 5) is 15.3. The summed E-state index contributed by atoms with van der Waals surface area (Å²) in [6.45, 7) is 0.846. The highest BCUT2D eigenvalue weighted by molar-refractivity contribution is 8.02. The number of hydrogen-bond acceptors (Lipinski definition) is 2. The lowest BCUT2D eigenvalue weighted by molar-refractivity contribution is 0.0858. The van der Waals surface area contributed by atoms with Gasteiger partial charge in [-0.1, -0.05) is 18.2 Å². The van der Waals surface area contributed by atoms with Gasteiger partial charge in [0.05, 0.1) is 5.70 Å². The second-order valence-electron chi connectivity index (χ2n) is 3.73. The summed E-state index contributed by atoms with van der Waals surface area (Å²) >= 11 is 1.76. The lowest BCUT2D eigenvalue weighted by Crippen LogP contribution is -2.20. The molecule has 2 heterocycles. The fourth-order valence-electron chi connectivity index (χ4n) is 2.31. The molecule has 2 nitrogen and oxygen atoms in total. The summed E-state index contributed by atoms with van der Waals surface area (Å²) in [5.41, 5.74) is 3.13. The van der Waals surface area contributed by atoms with Crippen molar-refractivity contribution < 1.29 is 4.79 Å². The second-order valence-corrected chi connectivity index (χ2v) is 4.63. The Morgan fingerprint density at radius 3 is 2.73 bits per heavy atom. The summed E-state index contributed by atoms with van der Waals surface area (Å²) in [5, 5.41) is 0. The minimum absolute atomic E-state index is 0.171. The van der Waals surface area contributed by atoms with Crippen LogP contribution < -0.4 is 0 Å². The van der Waals surface area contributed by atoms with Crippen LogP contribution in [0, 0.1) is 0 Å². The Balaban J connectivity index is 2.26. The minimum atomic E-state index is 0.171. The highest BCUT2D eigenvalue weighted by Gasteiger charge is 2.37. The number of benzene rings is 1. The molecule has 3 rings (SSSR count). The number of fused-ring (bicyclic) bond motifs is 3. The maximum absolute atomic E-state index is 12.0. The van der Waals surface area contributed by atoms with Crippen molar-refractivity contribution in [3.8, 4) is 0 Å². The Labute approximate surface area is 93.0 Å². The zero-order valence-corrected chi connectivity index (χ0v) is 9.30. The fourth-order valence-corrected chi connectivity index (χ4v) is 3.02. The van der Waals surface area contributed by atoms with Gasteiger partial charge in [-0.25, -0.2) is 0 Å². The topological polar surface area (TPSA) is 20.3 Å². The quantitative estimate of drug-likeness (QED) is 0.720. The van der Waals surface area contributed by atoms with Gasteiger partial charge in [0, 0.05) is 22.6 Å². The molecular weight excluding hydrogens is 206 g/mol.